The molecule has 7 heteroatoms. The van der Waals surface area contributed by atoms with Crippen molar-refractivity contribution in [3.63, 3.8) is 0 Å². The molecular weight excluding hydrogens is 332 g/mol. The number of carbonyl (C=O) groups is 2. The summed E-state index contributed by atoms with van der Waals surface area (Å²) in [7, 11) is 0. The molecule has 0 saturated carbocycles. The summed E-state index contributed by atoms with van der Waals surface area (Å²) in [6, 6.07) is 1.81. The number of furan rings is 1. The van der Waals surface area contributed by atoms with Crippen LogP contribution in [0.1, 0.15) is 47.3 Å². The lowest BCUT2D eigenvalue weighted by Crippen LogP contribution is -2.46. The van der Waals surface area contributed by atoms with E-state index < -0.39 is 0 Å². The van der Waals surface area contributed by atoms with E-state index in [1.165, 1.54) is 24.6 Å². The van der Waals surface area contributed by atoms with Crippen LogP contribution in [0.15, 0.2) is 29.2 Å². The number of nitrogens with zero attached hydrogens (tertiary/aromatic N) is 3. The number of rotatable bonds is 4. The summed E-state index contributed by atoms with van der Waals surface area (Å²) >= 11 is 0. The molecule has 0 unspecified atom stereocenters. The summed E-state index contributed by atoms with van der Waals surface area (Å²) in [6.45, 7) is 2.26. The van der Waals surface area contributed by atoms with Gasteiger partial charge in [0.05, 0.1) is 24.4 Å². The molecule has 4 rings (SSSR count). The van der Waals surface area contributed by atoms with Gasteiger partial charge in [0.1, 0.15) is 6.26 Å². The Balaban J connectivity index is 1.27. The Morgan fingerprint density at radius 2 is 2.08 bits per heavy atom. The number of fused-ring (bicyclic) bond motifs is 1. The monoisotopic (exact) mass is 356 g/mol. The van der Waals surface area contributed by atoms with Gasteiger partial charge in [0.2, 0.25) is 5.91 Å². The molecule has 0 aromatic carbocycles. The van der Waals surface area contributed by atoms with E-state index in [2.05, 4.69) is 10.4 Å². The maximum atomic E-state index is 12.4. The number of hydrogen-bond acceptors (Lipinski definition) is 4. The van der Waals surface area contributed by atoms with Crippen LogP contribution in [0.25, 0.3) is 0 Å². The minimum Gasteiger partial charge on any atom is -0.472 e. The number of nitrogens with one attached hydrogen (secondary N) is 1. The molecule has 0 radical (unpaired) electrons. The Hall–Kier alpha value is -2.57. The number of carbonyl (C=O) groups excluding carboxylic acids is 2. The minimum absolute atomic E-state index is 0.00459. The Morgan fingerprint density at radius 3 is 2.85 bits per heavy atom. The van der Waals surface area contributed by atoms with E-state index in [0.717, 1.165) is 37.8 Å². The molecule has 0 aliphatic carbocycles. The highest BCUT2D eigenvalue weighted by Gasteiger charge is 2.25. The fourth-order valence-electron chi connectivity index (χ4n) is 3.88. The summed E-state index contributed by atoms with van der Waals surface area (Å²) in [4.78, 5) is 26.6. The second-order valence-corrected chi connectivity index (χ2v) is 7.12. The topological polar surface area (TPSA) is 80.4 Å². The molecule has 26 heavy (non-hydrogen) atoms. The Kier molecular flexibility index (Phi) is 4.77. The van der Waals surface area contributed by atoms with Crippen LogP contribution in [-0.4, -0.2) is 45.6 Å². The van der Waals surface area contributed by atoms with Crippen LogP contribution in [0.3, 0.4) is 0 Å². The maximum Gasteiger partial charge on any atom is 0.257 e. The van der Waals surface area contributed by atoms with Gasteiger partial charge in [-0.25, -0.2) is 0 Å². The van der Waals surface area contributed by atoms with Gasteiger partial charge in [-0.15, -0.1) is 0 Å². The molecule has 2 aliphatic rings. The highest BCUT2D eigenvalue weighted by molar-refractivity contribution is 5.93. The number of hydrogen-bond donors (Lipinski definition) is 1. The Bertz CT molecular complexity index is 773. The SMILES string of the molecule is O=C(Cc1cnn2c1CCCC2)NC1CCN(C(=O)c2ccoc2)CC1. The van der Waals surface area contributed by atoms with Crippen molar-refractivity contribution in [2.75, 3.05) is 13.1 Å². The third-order valence-electron chi connectivity index (χ3n) is 5.34. The largest absolute Gasteiger partial charge is 0.472 e. The van der Waals surface area contributed by atoms with E-state index in [-0.39, 0.29) is 17.9 Å². The normalized spacial score (nSPS) is 17.8. The van der Waals surface area contributed by atoms with Crippen molar-refractivity contribution in [1.29, 1.82) is 0 Å². The van der Waals surface area contributed by atoms with Gasteiger partial charge in [0.25, 0.3) is 5.91 Å². The quantitative estimate of drug-likeness (QED) is 0.905. The van der Waals surface area contributed by atoms with Gasteiger partial charge < -0.3 is 14.6 Å². The standard InChI is InChI=1S/C19H24N4O3/c24-18(11-15-12-20-23-7-2-1-3-17(15)23)21-16-4-8-22(9-5-16)19(25)14-6-10-26-13-14/h6,10,12-13,16H,1-5,7-9,11H2,(H,21,24). The summed E-state index contributed by atoms with van der Waals surface area (Å²) < 4.78 is 7.01. The lowest BCUT2D eigenvalue weighted by atomic mass is 10.0. The van der Waals surface area contributed by atoms with E-state index in [1.807, 2.05) is 15.8 Å². The fourth-order valence-corrected chi connectivity index (χ4v) is 3.88. The zero-order valence-corrected chi connectivity index (χ0v) is 14.8. The summed E-state index contributed by atoms with van der Waals surface area (Å²) in [5, 5.41) is 7.52. The number of aryl methyl sites for hydroxylation is 1. The highest BCUT2D eigenvalue weighted by Crippen LogP contribution is 2.19. The highest BCUT2D eigenvalue weighted by atomic mass is 16.3. The van der Waals surface area contributed by atoms with Crippen molar-refractivity contribution >= 4 is 11.8 Å². The van der Waals surface area contributed by atoms with Crippen LogP contribution >= 0.6 is 0 Å². The minimum atomic E-state index is -0.00459. The average molecular weight is 356 g/mol. The Labute approximate surface area is 152 Å². The van der Waals surface area contributed by atoms with Crippen molar-refractivity contribution in [3.8, 4) is 0 Å². The number of amides is 2. The van der Waals surface area contributed by atoms with Crippen LogP contribution < -0.4 is 5.32 Å². The molecule has 1 saturated heterocycles. The molecule has 2 aliphatic heterocycles. The van der Waals surface area contributed by atoms with Gasteiger partial charge in [-0.05, 0) is 38.2 Å². The molecule has 0 atom stereocenters. The summed E-state index contributed by atoms with van der Waals surface area (Å²) in [5.74, 6) is 0.0426. The molecule has 2 aromatic rings. The molecule has 0 spiro atoms. The molecule has 4 heterocycles. The van der Waals surface area contributed by atoms with E-state index in [0.29, 0.717) is 25.1 Å². The lowest BCUT2D eigenvalue weighted by molar-refractivity contribution is -0.121. The second kappa shape index (κ2) is 7.35. The molecule has 1 N–H and O–H groups in total. The zero-order valence-electron chi connectivity index (χ0n) is 14.8. The van der Waals surface area contributed by atoms with Gasteiger partial charge in [0, 0.05) is 36.9 Å². The van der Waals surface area contributed by atoms with E-state index in [1.54, 1.807) is 6.07 Å². The number of piperidine rings is 1. The molecule has 1 fully saturated rings. The van der Waals surface area contributed by atoms with Crippen LogP contribution in [0, 0.1) is 0 Å². The van der Waals surface area contributed by atoms with Crippen molar-refractivity contribution in [2.24, 2.45) is 0 Å². The fraction of sp³-hybridized carbons (Fsp3) is 0.526. The third kappa shape index (κ3) is 3.52. The van der Waals surface area contributed by atoms with Crippen LogP contribution in [-0.2, 0) is 24.2 Å². The van der Waals surface area contributed by atoms with Gasteiger partial charge >= 0.3 is 0 Å². The zero-order chi connectivity index (χ0) is 17.9. The average Bonchev–Trinajstić information content (AvgIpc) is 3.32. The van der Waals surface area contributed by atoms with Crippen LogP contribution in [0.5, 0.6) is 0 Å². The van der Waals surface area contributed by atoms with Gasteiger partial charge in [-0.3, -0.25) is 14.3 Å². The van der Waals surface area contributed by atoms with Gasteiger partial charge in [0.15, 0.2) is 0 Å². The first-order valence-electron chi connectivity index (χ1n) is 9.35. The van der Waals surface area contributed by atoms with E-state index >= 15 is 0 Å². The van der Waals surface area contributed by atoms with Crippen molar-refractivity contribution < 1.29 is 14.0 Å². The number of likely N-dealkylation sites (tertiary alicyclic amines) is 1. The summed E-state index contributed by atoms with van der Waals surface area (Å²) in [6.07, 6.45) is 10.1. The van der Waals surface area contributed by atoms with E-state index in [9.17, 15) is 9.59 Å². The van der Waals surface area contributed by atoms with Gasteiger partial charge in [-0.2, -0.15) is 5.10 Å². The molecule has 138 valence electrons. The smallest absolute Gasteiger partial charge is 0.257 e. The first-order valence-corrected chi connectivity index (χ1v) is 9.35. The van der Waals surface area contributed by atoms with Gasteiger partial charge in [-0.1, -0.05) is 0 Å². The summed E-state index contributed by atoms with van der Waals surface area (Å²) in [5.41, 5.74) is 2.85. The molecular formula is C19H24N4O3. The first kappa shape index (κ1) is 16.9. The Morgan fingerprint density at radius 1 is 1.23 bits per heavy atom. The van der Waals surface area contributed by atoms with Crippen molar-refractivity contribution in [2.45, 2.75) is 51.1 Å². The third-order valence-corrected chi connectivity index (χ3v) is 5.34. The molecule has 0 bridgehead atoms. The first-order chi connectivity index (χ1) is 12.7. The van der Waals surface area contributed by atoms with Crippen LogP contribution in [0.2, 0.25) is 0 Å². The maximum absolute atomic E-state index is 12.4. The predicted octanol–water partition coefficient (Wildman–Crippen LogP) is 1.78. The van der Waals surface area contributed by atoms with Crippen molar-refractivity contribution in [3.05, 3.63) is 41.6 Å². The van der Waals surface area contributed by atoms with E-state index in [4.69, 9.17) is 4.42 Å². The molecule has 7 nitrogen and oxygen atoms in total. The number of aromatic nitrogens is 2. The molecule has 2 aromatic heterocycles. The second-order valence-electron chi connectivity index (χ2n) is 7.12. The lowest BCUT2D eigenvalue weighted by Gasteiger charge is -2.32. The molecule has 2 amide bonds. The predicted molar refractivity (Wildman–Crippen MR) is 94.6 cm³/mol. The van der Waals surface area contributed by atoms with Crippen molar-refractivity contribution in [1.82, 2.24) is 20.0 Å². The van der Waals surface area contributed by atoms with Crippen LogP contribution in [0.4, 0.5) is 0 Å².